The molecule has 0 atom stereocenters. The Morgan fingerprint density at radius 2 is 1.84 bits per heavy atom. The lowest BCUT2D eigenvalue weighted by Crippen LogP contribution is -2.10. The van der Waals surface area contributed by atoms with Gasteiger partial charge in [0, 0.05) is 32.3 Å². The van der Waals surface area contributed by atoms with Crippen molar-refractivity contribution >= 4 is 11.6 Å². The molecule has 100 valence electrons. The van der Waals surface area contributed by atoms with Crippen molar-refractivity contribution in [2.24, 2.45) is 0 Å². The van der Waals surface area contributed by atoms with Gasteiger partial charge >= 0.3 is 0 Å². The average Bonchev–Trinajstić information content (AvgIpc) is 2.48. The Kier molecular flexibility index (Phi) is 4.69. The standard InChI is InChI=1S/C14H18N4O/c1-15-12-10-13(16-8-9-19-2)18-14(17-12)11-6-4-3-5-7-11/h3-7,10H,8-9H2,1-2H3,(H2,15,16,17,18). The summed E-state index contributed by atoms with van der Waals surface area (Å²) >= 11 is 0. The van der Waals surface area contributed by atoms with Crippen LogP contribution in [0, 0.1) is 0 Å². The lowest BCUT2D eigenvalue weighted by Gasteiger charge is -2.09. The van der Waals surface area contributed by atoms with E-state index >= 15 is 0 Å². The van der Waals surface area contributed by atoms with Crippen LogP contribution >= 0.6 is 0 Å². The van der Waals surface area contributed by atoms with Crippen molar-refractivity contribution in [2.45, 2.75) is 0 Å². The number of methoxy groups -OCH3 is 1. The van der Waals surface area contributed by atoms with Gasteiger partial charge in [0.25, 0.3) is 0 Å². The lowest BCUT2D eigenvalue weighted by molar-refractivity contribution is 0.210. The predicted octanol–water partition coefficient (Wildman–Crippen LogP) is 2.24. The molecule has 1 aromatic carbocycles. The van der Waals surface area contributed by atoms with Crippen LogP contribution in [0.15, 0.2) is 36.4 Å². The summed E-state index contributed by atoms with van der Waals surface area (Å²) in [7, 11) is 3.52. The van der Waals surface area contributed by atoms with Gasteiger partial charge in [-0.15, -0.1) is 0 Å². The van der Waals surface area contributed by atoms with E-state index in [9.17, 15) is 0 Å². The topological polar surface area (TPSA) is 59.1 Å². The molecule has 5 heteroatoms. The minimum atomic E-state index is 0.638. The molecule has 1 aromatic heterocycles. The van der Waals surface area contributed by atoms with Gasteiger partial charge in [-0.3, -0.25) is 0 Å². The Bertz CT molecular complexity index is 516. The second-order valence-electron chi connectivity index (χ2n) is 4.00. The van der Waals surface area contributed by atoms with E-state index in [1.165, 1.54) is 0 Å². The van der Waals surface area contributed by atoms with Gasteiger partial charge in [-0.25, -0.2) is 9.97 Å². The summed E-state index contributed by atoms with van der Waals surface area (Å²) in [6.45, 7) is 1.35. The van der Waals surface area contributed by atoms with Gasteiger partial charge in [0.05, 0.1) is 6.61 Å². The maximum atomic E-state index is 5.01. The van der Waals surface area contributed by atoms with Crippen molar-refractivity contribution in [3.05, 3.63) is 36.4 Å². The largest absolute Gasteiger partial charge is 0.383 e. The molecule has 0 aliphatic carbocycles. The maximum Gasteiger partial charge on any atom is 0.163 e. The molecule has 2 aromatic rings. The molecule has 2 rings (SSSR count). The molecule has 0 aliphatic rings. The predicted molar refractivity (Wildman–Crippen MR) is 77.4 cm³/mol. The number of ether oxygens (including phenoxy) is 1. The van der Waals surface area contributed by atoms with E-state index in [1.807, 2.05) is 43.4 Å². The van der Waals surface area contributed by atoms with Crippen LogP contribution in [-0.4, -0.2) is 37.3 Å². The summed E-state index contributed by atoms with van der Waals surface area (Å²) in [6, 6.07) is 11.8. The molecule has 0 spiro atoms. The number of hydrogen-bond donors (Lipinski definition) is 2. The van der Waals surface area contributed by atoms with Gasteiger partial charge in [0.1, 0.15) is 11.6 Å². The maximum absolute atomic E-state index is 5.01. The monoisotopic (exact) mass is 258 g/mol. The highest BCUT2D eigenvalue weighted by atomic mass is 16.5. The molecule has 1 heterocycles. The zero-order valence-corrected chi connectivity index (χ0v) is 11.2. The molecule has 5 nitrogen and oxygen atoms in total. The summed E-state index contributed by atoms with van der Waals surface area (Å²) < 4.78 is 5.01. The van der Waals surface area contributed by atoms with Crippen LogP contribution in [0.1, 0.15) is 0 Å². The Morgan fingerprint density at radius 1 is 1.11 bits per heavy atom. The van der Waals surface area contributed by atoms with Crippen molar-refractivity contribution in [1.29, 1.82) is 0 Å². The lowest BCUT2D eigenvalue weighted by atomic mass is 10.2. The molecule has 0 unspecified atom stereocenters. The number of nitrogens with one attached hydrogen (secondary N) is 2. The van der Waals surface area contributed by atoms with Crippen LogP contribution < -0.4 is 10.6 Å². The molecule has 2 N–H and O–H groups in total. The quantitative estimate of drug-likeness (QED) is 0.778. The smallest absolute Gasteiger partial charge is 0.163 e. The Hall–Kier alpha value is -2.14. The number of nitrogens with zero attached hydrogens (tertiary/aromatic N) is 2. The van der Waals surface area contributed by atoms with Crippen molar-refractivity contribution < 1.29 is 4.74 Å². The van der Waals surface area contributed by atoms with Crippen LogP contribution in [0.4, 0.5) is 11.6 Å². The molecule has 0 radical (unpaired) electrons. The molecule has 0 amide bonds. The first-order valence-corrected chi connectivity index (χ1v) is 6.18. The summed E-state index contributed by atoms with van der Waals surface area (Å²) in [6.07, 6.45) is 0. The number of anilines is 2. The number of hydrogen-bond acceptors (Lipinski definition) is 5. The molecule has 0 fully saturated rings. The van der Waals surface area contributed by atoms with Crippen molar-refractivity contribution in [3.63, 3.8) is 0 Å². The van der Waals surface area contributed by atoms with E-state index in [1.54, 1.807) is 7.11 Å². The van der Waals surface area contributed by atoms with Crippen LogP contribution in [0.5, 0.6) is 0 Å². The first-order valence-electron chi connectivity index (χ1n) is 6.18. The fourth-order valence-corrected chi connectivity index (χ4v) is 1.66. The summed E-state index contributed by atoms with van der Waals surface area (Å²) in [5.74, 6) is 2.27. The van der Waals surface area contributed by atoms with E-state index in [-0.39, 0.29) is 0 Å². The highest BCUT2D eigenvalue weighted by Gasteiger charge is 2.05. The molecule has 0 bridgehead atoms. The van der Waals surface area contributed by atoms with Crippen LogP contribution in [0.25, 0.3) is 11.4 Å². The van der Waals surface area contributed by atoms with E-state index in [0.717, 1.165) is 17.2 Å². The molecule has 0 saturated heterocycles. The molecule has 0 saturated carbocycles. The van der Waals surface area contributed by atoms with Gasteiger partial charge in [-0.1, -0.05) is 30.3 Å². The third kappa shape index (κ3) is 3.66. The summed E-state index contributed by atoms with van der Waals surface area (Å²) in [5.41, 5.74) is 0.995. The highest BCUT2D eigenvalue weighted by Crippen LogP contribution is 2.19. The van der Waals surface area contributed by atoms with Gasteiger partial charge in [0.15, 0.2) is 5.82 Å². The van der Waals surface area contributed by atoms with E-state index in [2.05, 4.69) is 20.6 Å². The van der Waals surface area contributed by atoms with E-state index < -0.39 is 0 Å². The third-order valence-corrected chi connectivity index (χ3v) is 2.63. The van der Waals surface area contributed by atoms with E-state index in [4.69, 9.17) is 4.74 Å². The number of rotatable bonds is 6. The fraction of sp³-hybridized carbons (Fsp3) is 0.286. The minimum absolute atomic E-state index is 0.638. The van der Waals surface area contributed by atoms with Crippen molar-refractivity contribution in [3.8, 4) is 11.4 Å². The van der Waals surface area contributed by atoms with Gasteiger partial charge in [-0.2, -0.15) is 0 Å². The van der Waals surface area contributed by atoms with Gasteiger partial charge < -0.3 is 15.4 Å². The number of aromatic nitrogens is 2. The minimum Gasteiger partial charge on any atom is -0.383 e. The normalized spacial score (nSPS) is 10.2. The third-order valence-electron chi connectivity index (χ3n) is 2.63. The molecular formula is C14H18N4O. The second kappa shape index (κ2) is 6.70. The van der Waals surface area contributed by atoms with Crippen LogP contribution in [-0.2, 0) is 4.74 Å². The first-order chi connectivity index (χ1) is 9.33. The van der Waals surface area contributed by atoms with Gasteiger partial charge in [0.2, 0.25) is 0 Å². The fourth-order valence-electron chi connectivity index (χ4n) is 1.66. The molecule has 0 aliphatic heterocycles. The Balaban J connectivity index is 2.26. The summed E-state index contributed by atoms with van der Waals surface area (Å²) in [5, 5.41) is 6.26. The summed E-state index contributed by atoms with van der Waals surface area (Å²) in [4.78, 5) is 8.96. The highest BCUT2D eigenvalue weighted by molar-refractivity contribution is 5.61. The van der Waals surface area contributed by atoms with Crippen LogP contribution in [0.2, 0.25) is 0 Å². The second-order valence-corrected chi connectivity index (χ2v) is 4.00. The average molecular weight is 258 g/mol. The zero-order valence-electron chi connectivity index (χ0n) is 11.2. The Labute approximate surface area is 113 Å². The van der Waals surface area contributed by atoms with Crippen molar-refractivity contribution in [2.75, 3.05) is 37.9 Å². The SMILES string of the molecule is CNc1cc(NCCOC)nc(-c2ccccc2)n1. The first kappa shape index (κ1) is 13.3. The van der Waals surface area contributed by atoms with E-state index in [0.29, 0.717) is 19.0 Å². The zero-order chi connectivity index (χ0) is 13.5. The van der Waals surface area contributed by atoms with Crippen LogP contribution in [0.3, 0.4) is 0 Å². The molecular weight excluding hydrogens is 240 g/mol. The number of benzene rings is 1. The molecule has 19 heavy (non-hydrogen) atoms. The Morgan fingerprint density at radius 3 is 2.53 bits per heavy atom. The van der Waals surface area contributed by atoms with Gasteiger partial charge in [-0.05, 0) is 0 Å². The van der Waals surface area contributed by atoms with Crippen molar-refractivity contribution in [1.82, 2.24) is 9.97 Å².